The van der Waals surface area contributed by atoms with E-state index in [2.05, 4.69) is 81.5 Å². The van der Waals surface area contributed by atoms with Crippen molar-refractivity contribution in [1.29, 1.82) is 0 Å². The molecule has 0 spiro atoms. The second-order valence-corrected chi connectivity index (χ2v) is 19.9. The zero-order valence-corrected chi connectivity index (χ0v) is 45.8. The molecule has 0 amide bonds. The molecule has 69 heavy (non-hydrogen) atoms. The maximum Gasteiger partial charge on any atom is 0.306 e. The Morgan fingerprint density at radius 2 is 0.565 bits per heavy atom. The van der Waals surface area contributed by atoms with Crippen molar-refractivity contribution in [3.05, 3.63) is 60.8 Å². The number of unbranched alkanes of at least 4 members (excludes halogenated alkanes) is 33. The number of ether oxygens (including phenoxy) is 3. The molecule has 0 heterocycles. The minimum Gasteiger partial charge on any atom is -0.462 e. The second kappa shape index (κ2) is 57.7. The Kier molecular flexibility index (Phi) is 55.3. The minimum atomic E-state index is -0.775. The Morgan fingerprint density at radius 3 is 0.884 bits per heavy atom. The van der Waals surface area contributed by atoms with E-state index in [0.29, 0.717) is 19.3 Å². The molecule has 0 aromatic heterocycles. The van der Waals surface area contributed by atoms with Gasteiger partial charge in [0.2, 0.25) is 0 Å². The van der Waals surface area contributed by atoms with Crippen molar-refractivity contribution in [3.63, 3.8) is 0 Å². The van der Waals surface area contributed by atoms with Crippen molar-refractivity contribution in [2.24, 2.45) is 0 Å². The van der Waals surface area contributed by atoms with Gasteiger partial charge in [0.15, 0.2) is 6.10 Å². The maximum absolute atomic E-state index is 12.9. The first-order chi connectivity index (χ1) is 34.0. The highest BCUT2D eigenvalue weighted by Crippen LogP contribution is 2.17. The van der Waals surface area contributed by atoms with Gasteiger partial charge in [-0.2, -0.15) is 0 Å². The highest BCUT2D eigenvalue weighted by molar-refractivity contribution is 5.71. The van der Waals surface area contributed by atoms with Gasteiger partial charge in [-0.3, -0.25) is 14.4 Å². The highest BCUT2D eigenvalue weighted by Gasteiger charge is 2.19. The quantitative estimate of drug-likeness (QED) is 0.0262. The van der Waals surface area contributed by atoms with E-state index in [-0.39, 0.29) is 31.1 Å². The van der Waals surface area contributed by atoms with Crippen LogP contribution in [0.15, 0.2) is 60.8 Å². The van der Waals surface area contributed by atoms with Crippen LogP contribution < -0.4 is 0 Å². The summed E-state index contributed by atoms with van der Waals surface area (Å²) in [6, 6.07) is 0. The number of carbonyl (C=O) groups is 3. The minimum absolute atomic E-state index is 0.0736. The van der Waals surface area contributed by atoms with Gasteiger partial charge in [-0.1, -0.05) is 281 Å². The molecule has 400 valence electrons. The van der Waals surface area contributed by atoms with Crippen LogP contribution in [0.2, 0.25) is 0 Å². The number of hydrogen-bond acceptors (Lipinski definition) is 6. The number of allylic oxidation sites excluding steroid dienone is 10. The van der Waals surface area contributed by atoms with Crippen LogP contribution in [0, 0.1) is 0 Å². The lowest BCUT2D eigenvalue weighted by Crippen LogP contribution is -2.30. The van der Waals surface area contributed by atoms with Gasteiger partial charge in [0, 0.05) is 19.3 Å². The van der Waals surface area contributed by atoms with Crippen molar-refractivity contribution >= 4 is 17.9 Å². The van der Waals surface area contributed by atoms with Crippen LogP contribution in [0.4, 0.5) is 0 Å². The molecule has 0 N–H and O–H groups in total. The monoisotopic (exact) mass is 965 g/mol. The number of hydrogen-bond donors (Lipinski definition) is 0. The summed E-state index contributed by atoms with van der Waals surface area (Å²) >= 11 is 0. The molecule has 0 aliphatic heterocycles. The molecule has 1 atom stereocenters. The molecule has 0 aromatic rings. The first-order valence-corrected chi connectivity index (χ1v) is 29.8. The number of carbonyl (C=O) groups excluding carboxylic acids is 3. The third kappa shape index (κ3) is 55.9. The van der Waals surface area contributed by atoms with Gasteiger partial charge in [-0.25, -0.2) is 0 Å². The largest absolute Gasteiger partial charge is 0.462 e. The fourth-order valence-electron chi connectivity index (χ4n) is 8.59. The molecular weight excluding hydrogens is 853 g/mol. The zero-order chi connectivity index (χ0) is 50.0. The first-order valence-electron chi connectivity index (χ1n) is 29.8. The predicted molar refractivity (Wildman–Crippen MR) is 298 cm³/mol. The van der Waals surface area contributed by atoms with Crippen molar-refractivity contribution in [1.82, 2.24) is 0 Å². The molecule has 0 radical (unpaired) electrons. The summed E-state index contributed by atoms with van der Waals surface area (Å²) in [6.45, 7) is 6.54. The molecule has 0 rings (SSSR count). The SMILES string of the molecule is CC/C=C\C/C=C\C/C=C\C/C=C\C/C=C\CCCCCCCCCC(=O)OCC(COC(=O)CCCCCCCCCCCC)OC(=O)CCCCCCCCCCCCCCCCCCCC. The van der Waals surface area contributed by atoms with Gasteiger partial charge in [0.1, 0.15) is 13.2 Å². The Morgan fingerprint density at radius 1 is 0.304 bits per heavy atom. The van der Waals surface area contributed by atoms with Crippen molar-refractivity contribution in [2.75, 3.05) is 13.2 Å². The maximum atomic E-state index is 12.9. The summed E-state index contributed by atoms with van der Waals surface area (Å²) in [7, 11) is 0. The molecule has 1 unspecified atom stereocenters. The Bertz CT molecular complexity index is 1250. The van der Waals surface area contributed by atoms with Crippen LogP contribution >= 0.6 is 0 Å². The van der Waals surface area contributed by atoms with Crippen LogP contribution in [0.1, 0.15) is 303 Å². The van der Waals surface area contributed by atoms with Crippen LogP contribution in [-0.2, 0) is 28.6 Å². The number of rotatable bonds is 54. The molecular formula is C63H112O6. The fourth-order valence-corrected chi connectivity index (χ4v) is 8.59. The predicted octanol–water partition coefficient (Wildman–Crippen LogP) is 20.0. The summed E-state index contributed by atoms with van der Waals surface area (Å²) < 4.78 is 16.9. The van der Waals surface area contributed by atoms with Gasteiger partial charge >= 0.3 is 17.9 Å². The number of esters is 3. The summed E-state index contributed by atoms with van der Waals surface area (Å²) in [5.41, 5.74) is 0. The van der Waals surface area contributed by atoms with Crippen molar-refractivity contribution < 1.29 is 28.6 Å². The molecule has 0 aliphatic rings. The summed E-state index contributed by atoms with van der Waals surface area (Å²) in [5.74, 6) is -0.871. The third-order valence-corrected chi connectivity index (χ3v) is 13.0. The summed E-state index contributed by atoms with van der Waals surface area (Å²) in [6.07, 6.45) is 72.2. The van der Waals surface area contributed by atoms with E-state index in [0.717, 1.165) is 96.3 Å². The Balaban J connectivity index is 4.28. The highest BCUT2D eigenvalue weighted by atomic mass is 16.6. The van der Waals surface area contributed by atoms with E-state index in [1.165, 1.54) is 167 Å². The van der Waals surface area contributed by atoms with E-state index in [4.69, 9.17) is 14.2 Å². The molecule has 0 aromatic carbocycles. The first kappa shape index (κ1) is 66.1. The van der Waals surface area contributed by atoms with Gasteiger partial charge in [0.05, 0.1) is 0 Å². The smallest absolute Gasteiger partial charge is 0.306 e. The molecule has 0 aliphatic carbocycles. The summed E-state index contributed by atoms with van der Waals surface area (Å²) in [5, 5.41) is 0. The molecule has 6 nitrogen and oxygen atoms in total. The van der Waals surface area contributed by atoms with Crippen LogP contribution in [0.25, 0.3) is 0 Å². The van der Waals surface area contributed by atoms with E-state index >= 15 is 0 Å². The van der Waals surface area contributed by atoms with E-state index < -0.39 is 6.10 Å². The normalized spacial score (nSPS) is 12.4. The lowest BCUT2D eigenvalue weighted by Gasteiger charge is -2.18. The molecule has 0 bridgehead atoms. The third-order valence-electron chi connectivity index (χ3n) is 13.0. The lowest BCUT2D eigenvalue weighted by molar-refractivity contribution is -0.167. The van der Waals surface area contributed by atoms with Crippen LogP contribution in [0.3, 0.4) is 0 Å². The van der Waals surface area contributed by atoms with Crippen molar-refractivity contribution in [2.45, 2.75) is 309 Å². The topological polar surface area (TPSA) is 78.9 Å². The average Bonchev–Trinajstić information content (AvgIpc) is 3.35. The summed E-state index contributed by atoms with van der Waals surface area (Å²) in [4.78, 5) is 38.1. The van der Waals surface area contributed by atoms with Crippen LogP contribution in [-0.4, -0.2) is 37.2 Å². The van der Waals surface area contributed by atoms with Gasteiger partial charge < -0.3 is 14.2 Å². The molecule has 0 saturated carbocycles. The molecule has 6 heteroatoms. The fraction of sp³-hybridized carbons (Fsp3) is 0.794. The van der Waals surface area contributed by atoms with E-state index in [1.807, 2.05) is 0 Å². The molecule has 0 saturated heterocycles. The second-order valence-electron chi connectivity index (χ2n) is 19.9. The Hall–Kier alpha value is -2.89. The zero-order valence-electron chi connectivity index (χ0n) is 45.8. The Labute approximate surface area is 428 Å². The lowest BCUT2D eigenvalue weighted by atomic mass is 10.0. The van der Waals surface area contributed by atoms with Gasteiger partial charge in [-0.05, 0) is 64.2 Å². The van der Waals surface area contributed by atoms with E-state index in [9.17, 15) is 14.4 Å². The van der Waals surface area contributed by atoms with Gasteiger partial charge in [0.25, 0.3) is 0 Å². The standard InChI is InChI=1S/C63H112O6/c1-4-7-10-13-16-19-22-24-26-28-30-31-32-33-34-36-37-39-41-44-47-50-53-56-62(65)68-59-60(58-67-61(64)55-52-49-46-43-21-18-15-12-9-6-3)69-63(66)57-54-51-48-45-42-40-38-35-29-27-25-23-20-17-14-11-8-5-2/h7,10,16,19,24,26,30-31,33-34,60H,4-6,8-9,11-15,17-18,20-23,25,27-29,32,35-59H2,1-3H3/b10-7-,19-16-,26-24-,31-30-,34-33-. The molecule has 0 fully saturated rings. The van der Waals surface area contributed by atoms with Crippen LogP contribution in [0.5, 0.6) is 0 Å². The average molecular weight is 966 g/mol. The van der Waals surface area contributed by atoms with Gasteiger partial charge in [-0.15, -0.1) is 0 Å². The van der Waals surface area contributed by atoms with Crippen molar-refractivity contribution in [3.8, 4) is 0 Å². The van der Waals surface area contributed by atoms with E-state index in [1.54, 1.807) is 0 Å².